The highest BCUT2D eigenvalue weighted by molar-refractivity contribution is 5.59. The van der Waals surface area contributed by atoms with Crippen LogP contribution in [-0.2, 0) is 12.6 Å². The summed E-state index contributed by atoms with van der Waals surface area (Å²) >= 11 is 0. The third-order valence-corrected chi connectivity index (χ3v) is 8.69. The lowest BCUT2D eigenvalue weighted by Crippen LogP contribution is -2.50. The van der Waals surface area contributed by atoms with Crippen LogP contribution in [0.4, 0.5) is 17.6 Å². The van der Waals surface area contributed by atoms with Crippen LogP contribution >= 0.6 is 0 Å². The van der Waals surface area contributed by atoms with E-state index in [1.165, 1.54) is 44.9 Å². The number of nitrogens with zero attached hydrogens (tertiary/aromatic N) is 5. The number of aromatic nitrogens is 3. The van der Waals surface area contributed by atoms with Crippen molar-refractivity contribution < 1.29 is 17.6 Å². The van der Waals surface area contributed by atoms with E-state index in [1.807, 2.05) is 6.20 Å². The van der Waals surface area contributed by atoms with Gasteiger partial charge in [0.15, 0.2) is 0 Å². The van der Waals surface area contributed by atoms with E-state index in [-0.39, 0.29) is 12.4 Å². The SMILES string of the molecule is Cc1ncc(-c2cn([C@H]3[C@@H]4CC(N5CCN(CCF)CC5)C[C@@H]43)c(CC3CC3)n2)cc1C(F)(F)F. The van der Waals surface area contributed by atoms with Crippen molar-refractivity contribution in [3.63, 3.8) is 0 Å². The number of rotatable bonds is 7. The summed E-state index contributed by atoms with van der Waals surface area (Å²) in [5.74, 6) is 2.90. The molecule has 3 heterocycles. The normalized spacial score (nSPS) is 29.5. The molecule has 4 atom stereocenters. The predicted octanol–water partition coefficient (Wildman–Crippen LogP) is 4.76. The Kier molecular flexibility index (Phi) is 5.91. The summed E-state index contributed by atoms with van der Waals surface area (Å²) in [5.41, 5.74) is 0.343. The zero-order valence-electron chi connectivity index (χ0n) is 20.1. The maximum Gasteiger partial charge on any atom is 0.418 e. The topological polar surface area (TPSA) is 37.2 Å². The monoisotopic (exact) mass is 491 g/mol. The molecule has 3 saturated carbocycles. The lowest BCUT2D eigenvalue weighted by atomic mass is 10.1. The molecule has 0 N–H and O–H groups in total. The van der Waals surface area contributed by atoms with Gasteiger partial charge in [-0.05, 0) is 56.4 Å². The number of hydrogen-bond donors (Lipinski definition) is 0. The van der Waals surface area contributed by atoms with Gasteiger partial charge in [-0.15, -0.1) is 0 Å². The minimum atomic E-state index is -4.42. The van der Waals surface area contributed by atoms with Gasteiger partial charge in [-0.3, -0.25) is 14.8 Å². The van der Waals surface area contributed by atoms with Crippen molar-refractivity contribution in [2.45, 2.75) is 57.3 Å². The van der Waals surface area contributed by atoms with Crippen LogP contribution < -0.4 is 0 Å². The van der Waals surface area contributed by atoms with Crippen LogP contribution in [-0.4, -0.2) is 69.8 Å². The minimum Gasteiger partial charge on any atom is -0.331 e. The fourth-order valence-electron chi connectivity index (χ4n) is 6.48. The maximum absolute atomic E-state index is 13.5. The Morgan fingerprint density at radius 3 is 2.40 bits per heavy atom. The highest BCUT2D eigenvalue weighted by Gasteiger charge is 2.58. The van der Waals surface area contributed by atoms with Gasteiger partial charge < -0.3 is 4.57 Å². The average molecular weight is 492 g/mol. The van der Waals surface area contributed by atoms with Gasteiger partial charge in [-0.1, -0.05) is 0 Å². The van der Waals surface area contributed by atoms with E-state index in [9.17, 15) is 17.6 Å². The van der Waals surface area contributed by atoms with Crippen LogP contribution in [0.1, 0.15) is 48.8 Å². The number of alkyl halides is 4. The molecule has 1 unspecified atom stereocenters. The highest BCUT2D eigenvalue weighted by atomic mass is 19.4. The van der Waals surface area contributed by atoms with Gasteiger partial charge in [-0.25, -0.2) is 9.37 Å². The zero-order valence-corrected chi connectivity index (χ0v) is 20.1. The van der Waals surface area contributed by atoms with Crippen LogP contribution in [0.5, 0.6) is 0 Å². The summed E-state index contributed by atoms with van der Waals surface area (Å²) in [4.78, 5) is 13.7. The second-order valence-electron chi connectivity index (χ2n) is 11.0. The average Bonchev–Trinajstić information content (AvgIpc) is 3.67. The summed E-state index contributed by atoms with van der Waals surface area (Å²) < 4.78 is 55.3. The molecule has 0 aromatic carbocycles. The lowest BCUT2D eigenvalue weighted by molar-refractivity contribution is -0.138. The van der Waals surface area contributed by atoms with E-state index >= 15 is 0 Å². The van der Waals surface area contributed by atoms with Gasteiger partial charge in [0.05, 0.1) is 11.3 Å². The smallest absolute Gasteiger partial charge is 0.331 e. The fourth-order valence-corrected chi connectivity index (χ4v) is 6.48. The van der Waals surface area contributed by atoms with E-state index in [0.717, 1.165) is 38.4 Å². The molecule has 1 saturated heterocycles. The van der Waals surface area contributed by atoms with Crippen molar-refractivity contribution in [3.05, 3.63) is 35.5 Å². The fraction of sp³-hybridized carbons (Fsp3) is 0.692. The number of hydrogen-bond acceptors (Lipinski definition) is 4. The second-order valence-corrected chi connectivity index (χ2v) is 11.0. The first kappa shape index (κ1) is 23.4. The van der Waals surface area contributed by atoms with Crippen LogP contribution in [0.2, 0.25) is 0 Å². The van der Waals surface area contributed by atoms with Gasteiger partial charge in [0.2, 0.25) is 0 Å². The zero-order chi connectivity index (χ0) is 24.3. The molecule has 0 amide bonds. The van der Waals surface area contributed by atoms with Crippen LogP contribution in [0.25, 0.3) is 11.3 Å². The Bertz CT molecular complexity index is 1060. The van der Waals surface area contributed by atoms with Gasteiger partial charge in [-0.2, -0.15) is 13.2 Å². The molecule has 2 aromatic rings. The molecule has 0 bridgehead atoms. The molecule has 190 valence electrons. The predicted molar refractivity (Wildman–Crippen MR) is 125 cm³/mol. The van der Waals surface area contributed by atoms with Gasteiger partial charge in [0.1, 0.15) is 12.5 Å². The Labute approximate surface area is 203 Å². The molecule has 1 aliphatic heterocycles. The summed E-state index contributed by atoms with van der Waals surface area (Å²) in [5, 5.41) is 0. The third-order valence-electron chi connectivity index (χ3n) is 8.69. The molecular weight excluding hydrogens is 458 g/mol. The van der Waals surface area contributed by atoms with E-state index in [2.05, 4.69) is 19.4 Å². The first-order chi connectivity index (χ1) is 16.8. The molecule has 6 rings (SSSR count). The van der Waals surface area contributed by atoms with Crippen LogP contribution in [0, 0.1) is 24.7 Å². The van der Waals surface area contributed by atoms with E-state index in [4.69, 9.17) is 4.98 Å². The number of piperazine rings is 1. The molecule has 35 heavy (non-hydrogen) atoms. The quantitative estimate of drug-likeness (QED) is 0.524. The first-order valence-electron chi connectivity index (χ1n) is 13.0. The van der Waals surface area contributed by atoms with Gasteiger partial charge >= 0.3 is 6.18 Å². The molecule has 3 aliphatic carbocycles. The molecule has 5 nitrogen and oxygen atoms in total. The summed E-state index contributed by atoms with van der Waals surface area (Å²) in [6.45, 7) is 5.57. The van der Waals surface area contributed by atoms with Crippen molar-refractivity contribution in [1.82, 2.24) is 24.3 Å². The molecular formula is C26H33F4N5. The molecule has 0 radical (unpaired) electrons. The Morgan fingerprint density at radius 1 is 1.06 bits per heavy atom. The van der Waals surface area contributed by atoms with Gasteiger partial charge in [0.25, 0.3) is 0 Å². The number of fused-ring (bicyclic) bond motifs is 1. The largest absolute Gasteiger partial charge is 0.418 e. The maximum atomic E-state index is 13.5. The molecule has 4 aliphatic rings. The third kappa shape index (κ3) is 4.61. The second kappa shape index (κ2) is 8.83. The Hall–Kier alpha value is -2.00. The highest BCUT2D eigenvalue weighted by Crippen LogP contribution is 2.62. The molecule has 9 heteroatoms. The number of aryl methyl sites for hydroxylation is 1. The van der Waals surface area contributed by atoms with Crippen molar-refractivity contribution in [3.8, 4) is 11.3 Å². The Morgan fingerprint density at radius 2 is 1.77 bits per heavy atom. The van der Waals surface area contributed by atoms with Crippen LogP contribution in [0.3, 0.4) is 0 Å². The van der Waals surface area contributed by atoms with Crippen molar-refractivity contribution in [2.24, 2.45) is 17.8 Å². The molecule has 4 fully saturated rings. The standard InChI is InChI=1S/C26H33F4N5/c1-16-22(26(28,29)30)11-18(14-31-16)23-15-35(24(32-23)10-17-2-3-17)25-20-12-19(13-21(20)25)34-8-6-33(5-4-27)7-9-34/h11,14-15,17,19-21,25H,2-10,12-13H2,1H3/t19?,20-,21+,25+. The summed E-state index contributed by atoms with van der Waals surface area (Å²) in [7, 11) is 0. The summed E-state index contributed by atoms with van der Waals surface area (Å²) in [6.07, 6.45) is 4.73. The number of halogens is 4. The van der Waals surface area contributed by atoms with Crippen molar-refractivity contribution in [1.29, 1.82) is 0 Å². The molecule has 0 spiro atoms. The Balaban J connectivity index is 1.18. The lowest BCUT2D eigenvalue weighted by Gasteiger charge is -2.38. The summed E-state index contributed by atoms with van der Waals surface area (Å²) in [6, 6.07) is 2.20. The first-order valence-corrected chi connectivity index (χ1v) is 13.0. The minimum absolute atomic E-state index is 0.00724. The van der Waals surface area contributed by atoms with Gasteiger partial charge in [0, 0.05) is 74.9 Å². The van der Waals surface area contributed by atoms with Crippen molar-refractivity contribution >= 4 is 0 Å². The van der Waals surface area contributed by atoms with E-state index < -0.39 is 11.7 Å². The molecule has 2 aromatic heterocycles. The number of imidazole rings is 1. The van der Waals surface area contributed by atoms with Crippen molar-refractivity contribution in [2.75, 3.05) is 39.4 Å². The van der Waals surface area contributed by atoms with Crippen LogP contribution in [0.15, 0.2) is 18.5 Å². The van der Waals surface area contributed by atoms with E-state index in [0.29, 0.717) is 47.6 Å². The number of pyridine rings is 1. The van der Waals surface area contributed by atoms with E-state index in [1.54, 1.807) is 0 Å².